The molecule has 0 atom stereocenters. The Morgan fingerprint density at radius 1 is 0.878 bits per heavy atom. The first-order chi connectivity index (χ1) is 19.9. The first kappa shape index (κ1) is 27.0. The lowest BCUT2D eigenvalue weighted by atomic mass is 10.1. The van der Waals surface area contributed by atoms with Gasteiger partial charge in [0.1, 0.15) is 5.75 Å². The van der Waals surface area contributed by atoms with Gasteiger partial charge in [-0.1, -0.05) is 42.5 Å². The molecule has 3 aromatic heterocycles. The molecule has 1 saturated heterocycles. The second-order valence-corrected chi connectivity index (χ2v) is 10.5. The molecule has 0 aliphatic carbocycles. The van der Waals surface area contributed by atoms with E-state index in [1.807, 2.05) is 24.4 Å². The van der Waals surface area contributed by atoms with E-state index in [-0.39, 0.29) is 5.75 Å². The van der Waals surface area contributed by atoms with Gasteiger partial charge in [-0.2, -0.15) is 10.2 Å². The third kappa shape index (κ3) is 6.94. The van der Waals surface area contributed by atoms with Crippen LogP contribution in [0, 0.1) is 0 Å². The van der Waals surface area contributed by atoms with Crippen molar-refractivity contribution in [3.8, 4) is 17.0 Å². The van der Waals surface area contributed by atoms with E-state index in [9.17, 15) is 13.2 Å². The second-order valence-electron chi connectivity index (χ2n) is 10.5. The standard InChI is InChI=1S/C31H31F3N6O/c32-31(33,34)41-27-8-3-6-25(18-27)21-39-22-26(20-35-39)28-9-4-10-30-36-29(37-40(28)30)19-24-13-11-23(12-14-24)7-5-17-38-15-1-2-16-38/h3-4,6,8-14,18,20,22H,1-2,5,7,15-17,19,21H2. The molecule has 2 aromatic carbocycles. The molecule has 5 aromatic rings. The quantitative estimate of drug-likeness (QED) is 0.205. The van der Waals surface area contributed by atoms with Crippen LogP contribution in [0.3, 0.4) is 0 Å². The first-order valence-electron chi connectivity index (χ1n) is 13.9. The molecule has 0 N–H and O–H groups in total. The van der Waals surface area contributed by atoms with Crippen LogP contribution in [0.2, 0.25) is 0 Å². The van der Waals surface area contributed by atoms with E-state index >= 15 is 0 Å². The summed E-state index contributed by atoms with van der Waals surface area (Å²) in [5.74, 6) is 0.475. The molecule has 41 heavy (non-hydrogen) atoms. The van der Waals surface area contributed by atoms with Crippen LogP contribution in [0.25, 0.3) is 16.9 Å². The molecule has 4 heterocycles. The monoisotopic (exact) mass is 560 g/mol. The lowest BCUT2D eigenvalue weighted by molar-refractivity contribution is -0.274. The van der Waals surface area contributed by atoms with Crippen molar-refractivity contribution in [2.75, 3.05) is 19.6 Å². The molecule has 0 bridgehead atoms. The summed E-state index contributed by atoms with van der Waals surface area (Å²) in [6.45, 7) is 3.96. The number of benzene rings is 2. The average molecular weight is 561 g/mol. The Kier molecular flexibility index (Phi) is 7.74. The number of alkyl halides is 3. The minimum Gasteiger partial charge on any atom is -0.406 e. The molecular weight excluding hydrogens is 529 g/mol. The van der Waals surface area contributed by atoms with Gasteiger partial charge in [0.25, 0.3) is 0 Å². The minimum atomic E-state index is -4.73. The first-order valence-corrected chi connectivity index (χ1v) is 13.9. The van der Waals surface area contributed by atoms with E-state index in [1.165, 1.54) is 62.7 Å². The predicted octanol–water partition coefficient (Wildman–Crippen LogP) is 6.16. The molecule has 0 saturated carbocycles. The Morgan fingerprint density at radius 3 is 2.46 bits per heavy atom. The predicted molar refractivity (Wildman–Crippen MR) is 150 cm³/mol. The fourth-order valence-corrected chi connectivity index (χ4v) is 5.37. The van der Waals surface area contributed by atoms with Gasteiger partial charge in [-0.3, -0.25) is 4.68 Å². The van der Waals surface area contributed by atoms with Gasteiger partial charge in [-0.25, -0.2) is 9.50 Å². The van der Waals surface area contributed by atoms with Crippen LogP contribution in [0.4, 0.5) is 13.2 Å². The van der Waals surface area contributed by atoms with E-state index < -0.39 is 6.36 Å². The molecule has 0 unspecified atom stereocenters. The third-order valence-electron chi connectivity index (χ3n) is 7.33. The van der Waals surface area contributed by atoms with Gasteiger partial charge in [0.15, 0.2) is 11.5 Å². The number of nitrogens with zero attached hydrogens (tertiary/aromatic N) is 6. The molecule has 1 aliphatic heterocycles. The maximum Gasteiger partial charge on any atom is 0.573 e. The van der Waals surface area contributed by atoms with E-state index in [4.69, 9.17) is 10.1 Å². The lowest BCUT2D eigenvalue weighted by Gasteiger charge is -2.13. The number of pyridine rings is 1. The van der Waals surface area contributed by atoms with Crippen molar-refractivity contribution >= 4 is 5.65 Å². The number of rotatable bonds is 10. The van der Waals surface area contributed by atoms with E-state index in [0.717, 1.165) is 34.7 Å². The molecule has 0 spiro atoms. The van der Waals surface area contributed by atoms with Crippen molar-refractivity contribution in [3.63, 3.8) is 0 Å². The Bertz CT molecular complexity index is 1600. The summed E-state index contributed by atoms with van der Waals surface area (Å²) in [5.41, 5.74) is 5.55. The average Bonchev–Trinajstić information content (AvgIpc) is 3.70. The zero-order valence-corrected chi connectivity index (χ0v) is 22.6. The molecule has 7 nitrogen and oxygen atoms in total. The third-order valence-corrected chi connectivity index (χ3v) is 7.33. The Hall–Kier alpha value is -4.18. The van der Waals surface area contributed by atoms with Crippen LogP contribution in [0.1, 0.15) is 41.8 Å². The highest BCUT2D eigenvalue weighted by atomic mass is 19.4. The summed E-state index contributed by atoms with van der Waals surface area (Å²) in [4.78, 5) is 7.29. The largest absolute Gasteiger partial charge is 0.573 e. The Morgan fingerprint density at radius 2 is 1.66 bits per heavy atom. The van der Waals surface area contributed by atoms with Crippen LogP contribution in [-0.2, 0) is 19.4 Å². The smallest absolute Gasteiger partial charge is 0.406 e. The number of hydrogen-bond donors (Lipinski definition) is 0. The summed E-state index contributed by atoms with van der Waals surface area (Å²) in [5, 5.41) is 9.19. The Labute approximate surface area is 236 Å². The van der Waals surface area contributed by atoms with Crippen molar-refractivity contribution < 1.29 is 17.9 Å². The van der Waals surface area contributed by atoms with Gasteiger partial charge >= 0.3 is 6.36 Å². The summed E-state index contributed by atoms with van der Waals surface area (Å²) < 4.78 is 45.3. The van der Waals surface area contributed by atoms with Crippen molar-refractivity contribution in [1.29, 1.82) is 0 Å². The van der Waals surface area contributed by atoms with Gasteiger partial charge in [0.2, 0.25) is 0 Å². The lowest BCUT2D eigenvalue weighted by Crippen LogP contribution is -2.20. The van der Waals surface area contributed by atoms with Gasteiger partial charge in [-0.05, 0) is 86.3 Å². The molecule has 6 rings (SSSR count). The second kappa shape index (κ2) is 11.7. The van der Waals surface area contributed by atoms with E-state index in [0.29, 0.717) is 18.5 Å². The van der Waals surface area contributed by atoms with Crippen LogP contribution >= 0.6 is 0 Å². The fraction of sp³-hybridized carbons (Fsp3) is 0.323. The summed E-state index contributed by atoms with van der Waals surface area (Å²) in [6.07, 6.45) is 4.40. The maximum atomic E-state index is 12.6. The molecule has 1 aliphatic rings. The van der Waals surface area contributed by atoms with Crippen molar-refractivity contribution in [1.82, 2.24) is 29.3 Å². The van der Waals surface area contributed by atoms with Gasteiger partial charge < -0.3 is 9.64 Å². The summed E-state index contributed by atoms with van der Waals surface area (Å²) in [7, 11) is 0. The maximum absolute atomic E-state index is 12.6. The topological polar surface area (TPSA) is 60.5 Å². The number of aromatic nitrogens is 5. The summed E-state index contributed by atoms with van der Waals surface area (Å²) >= 11 is 0. The SMILES string of the molecule is FC(F)(F)Oc1cccc(Cn2cc(-c3cccc4nc(Cc5ccc(CCCN6CCCC6)cc5)nn34)cn2)c1. The van der Waals surface area contributed by atoms with Crippen LogP contribution < -0.4 is 4.74 Å². The zero-order chi connectivity index (χ0) is 28.2. The van der Waals surface area contributed by atoms with Crippen molar-refractivity contribution in [2.45, 2.75) is 45.0 Å². The number of aryl methyl sites for hydroxylation is 1. The minimum absolute atomic E-state index is 0.255. The van der Waals surface area contributed by atoms with E-state index in [2.05, 4.69) is 39.0 Å². The normalized spacial score (nSPS) is 14.2. The van der Waals surface area contributed by atoms with E-state index in [1.54, 1.807) is 21.5 Å². The summed E-state index contributed by atoms with van der Waals surface area (Å²) in [6, 6.07) is 20.4. The number of fused-ring (bicyclic) bond motifs is 1. The van der Waals surface area contributed by atoms with Gasteiger partial charge in [0, 0.05) is 18.2 Å². The molecule has 212 valence electrons. The molecular formula is C31H31F3N6O. The highest BCUT2D eigenvalue weighted by Crippen LogP contribution is 2.25. The van der Waals surface area contributed by atoms with Crippen molar-refractivity contribution in [2.24, 2.45) is 0 Å². The molecule has 1 fully saturated rings. The molecule has 10 heteroatoms. The molecule has 0 amide bonds. The Balaban J connectivity index is 1.12. The molecule has 0 radical (unpaired) electrons. The van der Waals surface area contributed by atoms with Crippen LogP contribution in [0.15, 0.2) is 79.1 Å². The zero-order valence-electron chi connectivity index (χ0n) is 22.6. The number of likely N-dealkylation sites (tertiary alicyclic amines) is 1. The number of hydrogen-bond acceptors (Lipinski definition) is 5. The number of ether oxygens (including phenoxy) is 1. The van der Waals surface area contributed by atoms with Crippen molar-refractivity contribution in [3.05, 3.63) is 102 Å². The fourth-order valence-electron chi connectivity index (χ4n) is 5.37. The highest BCUT2D eigenvalue weighted by molar-refractivity contribution is 5.61. The highest BCUT2D eigenvalue weighted by Gasteiger charge is 2.31. The van der Waals surface area contributed by atoms with Gasteiger partial charge in [-0.15, -0.1) is 13.2 Å². The number of halogens is 3. The van der Waals surface area contributed by atoms with Crippen LogP contribution in [0.5, 0.6) is 5.75 Å². The van der Waals surface area contributed by atoms with Gasteiger partial charge in [0.05, 0.1) is 18.4 Å². The van der Waals surface area contributed by atoms with Crippen LogP contribution in [-0.4, -0.2) is 55.3 Å².